The quantitative estimate of drug-likeness (QED) is 0.148. The smallest absolute Gasteiger partial charge is 0.266 e. The average Bonchev–Trinajstić information content (AvgIpc) is 3.07. The Labute approximate surface area is 247 Å². The number of para-hydroxylation sites is 1. The largest absolute Gasteiger partial charge is 0.497 e. The molecular weight excluding hydrogens is 520 g/mol. The third-order valence-corrected chi connectivity index (χ3v) is 7.98. The maximum absolute atomic E-state index is 13.6. The number of hydrogen-bond donors (Lipinski definition) is 1. The second-order valence-corrected chi connectivity index (χ2v) is 10.4. The zero-order valence-electron chi connectivity index (χ0n) is 23.6. The molecule has 1 aliphatic heterocycles. The Balaban J connectivity index is 1.31. The molecule has 1 aliphatic rings. The number of nitrogens with zero attached hydrogens (tertiary/aromatic N) is 1. The molecule has 1 saturated heterocycles. The molecule has 210 valence electrons. The third-order valence-electron chi connectivity index (χ3n) is 7.98. The minimum Gasteiger partial charge on any atom is -0.497 e. The first-order valence-corrected chi connectivity index (χ1v) is 14.3. The molecule has 6 rings (SSSR count). The van der Waals surface area contributed by atoms with Crippen molar-refractivity contribution >= 4 is 5.91 Å². The Bertz CT molecular complexity index is 1480. The first-order valence-electron chi connectivity index (χ1n) is 14.3. The molecule has 1 fully saturated rings. The molecule has 0 spiro atoms. The van der Waals surface area contributed by atoms with Gasteiger partial charge in [-0.2, -0.15) is 0 Å². The molecule has 5 nitrogen and oxygen atoms in total. The van der Waals surface area contributed by atoms with E-state index in [4.69, 9.17) is 9.47 Å². The molecule has 1 heterocycles. The molecule has 0 bridgehead atoms. The third kappa shape index (κ3) is 5.27. The maximum atomic E-state index is 13.6. The molecule has 0 radical (unpaired) electrons. The first-order chi connectivity index (χ1) is 20.7. The molecule has 1 amide bonds. The summed E-state index contributed by atoms with van der Waals surface area (Å²) in [6.07, 6.45) is -0.595. The van der Waals surface area contributed by atoms with Crippen LogP contribution >= 0.6 is 0 Å². The van der Waals surface area contributed by atoms with Crippen molar-refractivity contribution in [3.8, 4) is 11.5 Å². The summed E-state index contributed by atoms with van der Waals surface area (Å²) in [5.74, 6) is 1.44. The summed E-state index contributed by atoms with van der Waals surface area (Å²) in [5, 5.41) is 3.90. The topological polar surface area (TPSA) is 50.8 Å². The fourth-order valence-electron chi connectivity index (χ4n) is 5.92. The lowest BCUT2D eigenvalue weighted by atomic mass is 9.77. The molecule has 0 aromatic heterocycles. The van der Waals surface area contributed by atoms with Crippen molar-refractivity contribution in [2.24, 2.45) is 0 Å². The van der Waals surface area contributed by atoms with Gasteiger partial charge in [-0.1, -0.05) is 121 Å². The van der Waals surface area contributed by atoms with Gasteiger partial charge in [0.25, 0.3) is 5.91 Å². The van der Waals surface area contributed by atoms with Crippen molar-refractivity contribution < 1.29 is 14.3 Å². The SMILES string of the molecule is COc1ccc([C@@H]2[C@H](Oc3ccccc3)C(=O)N2CCNC(c2ccccc2)(c2ccccc2)c2ccccc2)cc1. The minimum atomic E-state index is -0.604. The highest BCUT2D eigenvalue weighted by atomic mass is 16.5. The van der Waals surface area contributed by atoms with Gasteiger partial charge < -0.3 is 14.4 Å². The Morgan fingerprint density at radius 3 is 1.60 bits per heavy atom. The zero-order chi connectivity index (χ0) is 28.8. The summed E-state index contributed by atoms with van der Waals surface area (Å²) in [6, 6.07) is 48.7. The van der Waals surface area contributed by atoms with Gasteiger partial charge in [-0.3, -0.25) is 10.1 Å². The van der Waals surface area contributed by atoms with E-state index in [1.54, 1.807) is 7.11 Å². The predicted molar refractivity (Wildman–Crippen MR) is 166 cm³/mol. The van der Waals surface area contributed by atoms with Gasteiger partial charge in [-0.15, -0.1) is 0 Å². The summed E-state index contributed by atoms with van der Waals surface area (Å²) in [6.45, 7) is 1.08. The molecule has 0 aliphatic carbocycles. The van der Waals surface area contributed by atoms with Gasteiger partial charge in [0, 0.05) is 13.1 Å². The normalized spacial score (nSPS) is 16.5. The van der Waals surface area contributed by atoms with E-state index in [0.717, 1.165) is 28.0 Å². The second-order valence-electron chi connectivity index (χ2n) is 10.4. The zero-order valence-corrected chi connectivity index (χ0v) is 23.6. The first kappa shape index (κ1) is 27.3. The predicted octanol–water partition coefficient (Wildman–Crippen LogP) is 6.61. The number of β-lactam (4-membered cyclic amide) rings is 1. The van der Waals surface area contributed by atoms with E-state index in [-0.39, 0.29) is 11.9 Å². The summed E-state index contributed by atoms with van der Waals surface area (Å²) in [4.78, 5) is 15.5. The van der Waals surface area contributed by atoms with Crippen molar-refractivity contribution in [2.75, 3.05) is 20.2 Å². The van der Waals surface area contributed by atoms with Crippen LogP contribution in [0.25, 0.3) is 0 Å². The van der Waals surface area contributed by atoms with Crippen LogP contribution in [0.5, 0.6) is 11.5 Å². The van der Waals surface area contributed by atoms with Crippen LogP contribution in [0.1, 0.15) is 28.3 Å². The van der Waals surface area contributed by atoms with Crippen molar-refractivity contribution in [2.45, 2.75) is 17.7 Å². The fraction of sp³-hybridized carbons (Fsp3) is 0.162. The number of amides is 1. The molecule has 5 aromatic rings. The van der Waals surface area contributed by atoms with Gasteiger partial charge in [-0.05, 0) is 46.5 Å². The van der Waals surface area contributed by atoms with E-state index in [1.807, 2.05) is 77.7 Å². The molecule has 5 aromatic carbocycles. The van der Waals surface area contributed by atoms with Crippen molar-refractivity contribution in [1.82, 2.24) is 10.2 Å². The Hall–Kier alpha value is -4.87. The van der Waals surface area contributed by atoms with Gasteiger partial charge in [0.1, 0.15) is 17.5 Å². The molecule has 5 heteroatoms. The van der Waals surface area contributed by atoms with Crippen LogP contribution in [0.15, 0.2) is 146 Å². The number of benzene rings is 5. The number of methoxy groups -OCH3 is 1. The van der Waals surface area contributed by atoms with E-state index >= 15 is 0 Å². The van der Waals surface area contributed by atoms with Crippen LogP contribution in [0.2, 0.25) is 0 Å². The van der Waals surface area contributed by atoms with Crippen LogP contribution < -0.4 is 14.8 Å². The fourth-order valence-corrected chi connectivity index (χ4v) is 5.92. The second kappa shape index (κ2) is 12.3. The Morgan fingerprint density at radius 2 is 1.12 bits per heavy atom. The number of rotatable bonds is 11. The van der Waals surface area contributed by atoms with Crippen LogP contribution in [-0.4, -0.2) is 37.1 Å². The summed E-state index contributed by atoms with van der Waals surface area (Å²) >= 11 is 0. The van der Waals surface area contributed by atoms with Gasteiger partial charge in [0.15, 0.2) is 0 Å². The van der Waals surface area contributed by atoms with E-state index in [0.29, 0.717) is 18.8 Å². The number of carbonyl (C=O) groups is 1. The Kier molecular flexibility index (Phi) is 8.02. The minimum absolute atomic E-state index is 0.0220. The van der Waals surface area contributed by atoms with Crippen LogP contribution in [0.4, 0.5) is 0 Å². The van der Waals surface area contributed by atoms with Gasteiger partial charge in [0.05, 0.1) is 12.6 Å². The van der Waals surface area contributed by atoms with Crippen LogP contribution in [0, 0.1) is 0 Å². The maximum Gasteiger partial charge on any atom is 0.266 e. The number of likely N-dealkylation sites (tertiary alicyclic amines) is 1. The van der Waals surface area contributed by atoms with Crippen molar-refractivity contribution in [1.29, 1.82) is 0 Å². The van der Waals surface area contributed by atoms with Gasteiger partial charge in [-0.25, -0.2) is 0 Å². The van der Waals surface area contributed by atoms with E-state index in [9.17, 15) is 4.79 Å². The monoisotopic (exact) mass is 554 g/mol. The van der Waals surface area contributed by atoms with Crippen molar-refractivity contribution in [3.05, 3.63) is 168 Å². The lowest BCUT2D eigenvalue weighted by Crippen LogP contribution is -2.62. The molecule has 0 saturated carbocycles. The average molecular weight is 555 g/mol. The molecule has 1 N–H and O–H groups in total. The van der Waals surface area contributed by atoms with Crippen molar-refractivity contribution in [3.63, 3.8) is 0 Å². The van der Waals surface area contributed by atoms with E-state index < -0.39 is 11.6 Å². The van der Waals surface area contributed by atoms with Crippen LogP contribution in [-0.2, 0) is 10.3 Å². The number of ether oxygens (including phenoxy) is 2. The number of nitrogens with one attached hydrogen (secondary N) is 1. The highest BCUT2D eigenvalue weighted by molar-refractivity contribution is 5.89. The summed E-state index contributed by atoms with van der Waals surface area (Å²) in [7, 11) is 1.65. The standard InChI is InChI=1S/C37H34N2O3/c1-41-32-24-22-28(23-25-32)34-35(42-33-20-12-5-13-21-33)36(40)39(34)27-26-38-37(29-14-6-2-7-15-29,30-16-8-3-9-17-30)31-18-10-4-11-19-31/h2-25,34-35,38H,26-27H2,1H3/t34-,35+/m1/s1. The van der Waals surface area contributed by atoms with E-state index in [2.05, 4.69) is 78.1 Å². The summed E-state index contributed by atoms with van der Waals surface area (Å²) in [5.41, 5.74) is 3.81. The number of carbonyl (C=O) groups excluding carboxylic acids is 1. The Morgan fingerprint density at radius 1 is 0.643 bits per heavy atom. The number of hydrogen-bond acceptors (Lipinski definition) is 4. The molecule has 0 unspecified atom stereocenters. The molecular formula is C37H34N2O3. The van der Waals surface area contributed by atoms with Gasteiger partial charge in [0.2, 0.25) is 6.10 Å². The lowest BCUT2D eigenvalue weighted by molar-refractivity contribution is -0.164. The lowest BCUT2D eigenvalue weighted by Gasteiger charge is -2.47. The summed E-state index contributed by atoms with van der Waals surface area (Å²) < 4.78 is 11.6. The molecule has 42 heavy (non-hydrogen) atoms. The highest BCUT2D eigenvalue weighted by Crippen LogP contribution is 2.39. The van der Waals surface area contributed by atoms with Gasteiger partial charge >= 0.3 is 0 Å². The molecule has 2 atom stereocenters. The van der Waals surface area contributed by atoms with Crippen LogP contribution in [0.3, 0.4) is 0 Å². The highest BCUT2D eigenvalue weighted by Gasteiger charge is 2.50. The van der Waals surface area contributed by atoms with E-state index in [1.165, 1.54) is 0 Å².